The van der Waals surface area contributed by atoms with Gasteiger partial charge in [-0.15, -0.1) is 13.2 Å². The molecule has 3 rings (SSSR count). The summed E-state index contributed by atoms with van der Waals surface area (Å²) in [6.07, 6.45) is -3.02. The monoisotopic (exact) mass is 407 g/mol. The highest BCUT2D eigenvalue weighted by Crippen LogP contribution is 2.31. The number of likely N-dealkylation sites (tertiary alicyclic amines) is 1. The van der Waals surface area contributed by atoms with E-state index >= 15 is 0 Å². The fourth-order valence-corrected chi connectivity index (χ4v) is 4.69. The lowest BCUT2D eigenvalue weighted by molar-refractivity contribution is -0.274. The predicted molar refractivity (Wildman–Crippen MR) is 91.7 cm³/mol. The first kappa shape index (κ1) is 19.7. The quantitative estimate of drug-likeness (QED) is 0.776. The van der Waals surface area contributed by atoms with Gasteiger partial charge in [0, 0.05) is 19.6 Å². The zero-order valence-electron chi connectivity index (χ0n) is 14.3. The van der Waals surface area contributed by atoms with Gasteiger partial charge in [-0.1, -0.05) is 12.1 Å². The number of hydrogen-bond acceptors (Lipinski definition) is 5. The molecule has 0 radical (unpaired) electrons. The second-order valence-corrected chi connectivity index (χ2v) is 8.50. The first-order valence-corrected chi connectivity index (χ1v) is 10.1. The Morgan fingerprint density at radius 2 is 1.89 bits per heavy atom. The summed E-state index contributed by atoms with van der Waals surface area (Å²) in [6, 6.07) is 4.31. The van der Waals surface area contributed by atoms with Crippen molar-refractivity contribution in [1.82, 2.24) is 10.2 Å². The van der Waals surface area contributed by atoms with E-state index in [1.54, 1.807) is 4.90 Å². The van der Waals surface area contributed by atoms with Crippen LogP contribution >= 0.6 is 0 Å². The van der Waals surface area contributed by atoms with Gasteiger partial charge in [0.05, 0.1) is 17.0 Å². The Morgan fingerprint density at radius 3 is 2.56 bits per heavy atom. The molecule has 0 bridgehead atoms. The predicted octanol–water partition coefficient (Wildman–Crippen LogP) is 1.68. The molecule has 2 N–H and O–H groups in total. The number of rotatable bonds is 5. The van der Waals surface area contributed by atoms with Crippen LogP contribution in [0.1, 0.15) is 19.3 Å². The summed E-state index contributed by atoms with van der Waals surface area (Å²) >= 11 is 0. The number of nitrogens with one attached hydrogen (secondary N) is 2. The molecule has 11 heteroatoms. The molecule has 2 heterocycles. The highest BCUT2D eigenvalue weighted by atomic mass is 32.2. The Kier molecular flexibility index (Phi) is 5.52. The number of alkyl halides is 3. The van der Waals surface area contributed by atoms with Crippen molar-refractivity contribution in [2.75, 3.05) is 24.4 Å². The molecule has 2 aliphatic heterocycles. The first-order chi connectivity index (χ1) is 12.7. The van der Waals surface area contributed by atoms with Crippen LogP contribution in [0.4, 0.5) is 18.9 Å². The Hall–Kier alpha value is -2.01. The normalized spacial score (nSPS) is 23.4. The number of halogens is 3. The maximum atomic E-state index is 12.6. The van der Waals surface area contributed by atoms with Crippen molar-refractivity contribution in [3.8, 4) is 5.75 Å². The Balaban J connectivity index is 1.68. The lowest BCUT2D eigenvalue weighted by atomic mass is 10.2. The van der Waals surface area contributed by atoms with Crippen LogP contribution in [0.3, 0.4) is 0 Å². The smallest absolute Gasteiger partial charge is 0.404 e. The minimum absolute atomic E-state index is 0.0435. The summed E-state index contributed by atoms with van der Waals surface area (Å²) < 4.78 is 68.7. The molecule has 1 amide bonds. The number of hydrogen-bond donors (Lipinski definition) is 2. The van der Waals surface area contributed by atoms with E-state index in [9.17, 15) is 26.4 Å². The van der Waals surface area contributed by atoms with E-state index < -0.39 is 33.4 Å². The molecule has 2 atom stereocenters. The largest absolute Gasteiger partial charge is 0.573 e. The third kappa shape index (κ3) is 4.83. The van der Waals surface area contributed by atoms with Gasteiger partial charge in [-0.05, 0) is 31.4 Å². The van der Waals surface area contributed by atoms with Crippen LogP contribution in [0.15, 0.2) is 24.3 Å². The molecule has 2 aliphatic rings. The number of sulfonamides is 1. The van der Waals surface area contributed by atoms with Crippen LogP contribution in [-0.2, 0) is 14.8 Å². The maximum absolute atomic E-state index is 12.6. The average Bonchev–Trinajstić information content (AvgIpc) is 3.27. The lowest BCUT2D eigenvalue weighted by Gasteiger charge is -2.20. The Labute approximate surface area is 154 Å². The number of anilines is 1. The SMILES string of the molecule is O=C(C1CC(S(=O)(=O)Nc2ccccc2OC(F)(F)F)CN1)N1CCCC1. The fourth-order valence-electron chi connectivity index (χ4n) is 3.29. The van der Waals surface area contributed by atoms with E-state index in [-0.39, 0.29) is 24.6 Å². The van der Waals surface area contributed by atoms with Crippen molar-refractivity contribution in [1.29, 1.82) is 0 Å². The number of nitrogens with zero attached hydrogens (tertiary/aromatic N) is 1. The third-order valence-electron chi connectivity index (χ3n) is 4.61. The summed E-state index contributed by atoms with van der Waals surface area (Å²) in [5.41, 5.74) is -0.302. The molecule has 150 valence electrons. The van der Waals surface area contributed by atoms with Gasteiger partial charge in [-0.2, -0.15) is 0 Å². The molecule has 2 unspecified atom stereocenters. The molecule has 27 heavy (non-hydrogen) atoms. The van der Waals surface area contributed by atoms with Gasteiger partial charge >= 0.3 is 6.36 Å². The van der Waals surface area contributed by atoms with Crippen molar-refractivity contribution in [2.24, 2.45) is 0 Å². The number of amides is 1. The van der Waals surface area contributed by atoms with Crippen molar-refractivity contribution < 1.29 is 31.1 Å². The molecule has 7 nitrogen and oxygen atoms in total. The molecule has 2 fully saturated rings. The van der Waals surface area contributed by atoms with Crippen LogP contribution in [0.5, 0.6) is 5.75 Å². The second-order valence-electron chi connectivity index (χ2n) is 6.54. The summed E-state index contributed by atoms with van der Waals surface area (Å²) in [6.45, 7) is 1.37. The molecule has 0 aromatic heterocycles. The molecule has 1 aromatic carbocycles. The molecule has 1 aromatic rings. The molecule has 0 spiro atoms. The van der Waals surface area contributed by atoms with E-state index in [0.717, 1.165) is 18.9 Å². The van der Waals surface area contributed by atoms with E-state index in [4.69, 9.17) is 0 Å². The minimum Gasteiger partial charge on any atom is -0.404 e. The van der Waals surface area contributed by atoms with Crippen molar-refractivity contribution >= 4 is 21.6 Å². The van der Waals surface area contributed by atoms with Gasteiger partial charge in [0.25, 0.3) is 0 Å². The van der Waals surface area contributed by atoms with Gasteiger partial charge < -0.3 is 15.0 Å². The Morgan fingerprint density at radius 1 is 1.22 bits per heavy atom. The van der Waals surface area contributed by atoms with Crippen molar-refractivity contribution in [2.45, 2.75) is 36.9 Å². The highest BCUT2D eigenvalue weighted by Gasteiger charge is 2.40. The van der Waals surface area contributed by atoms with E-state index in [2.05, 4.69) is 14.8 Å². The molecule has 2 saturated heterocycles. The minimum atomic E-state index is -4.94. The van der Waals surface area contributed by atoms with Crippen LogP contribution in [0.2, 0.25) is 0 Å². The molecular formula is C16H20F3N3O4S. The van der Waals surface area contributed by atoms with Gasteiger partial charge in [0.15, 0.2) is 5.75 Å². The van der Waals surface area contributed by atoms with Crippen LogP contribution in [0, 0.1) is 0 Å². The second kappa shape index (κ2) is 7.55. The molecule has 0 saturated carbocycles. The van der Waals surface area contributed by atoms with Crippen LogP contribution < -0.4 is 14.8 Å². The first-order valence-electron chi connectivity index (χ1n) is 8.54. The fraction of sp³-hybridized carbons (Fsp3) is 0.562. The summed E-state index contributed by atoms with van der Waals surface area (Å²) in [5, 5.41) is 1.97. The van der Waals surface area contributed by atoms with Crippen LogP contribution in [0.25, 0.3) is 0 Å². The van der Waals surface area contributed by atoms with E-state index in [1.165, 1.54) is 18.2 Å². The number of carbonyl (C=O) groups excluding carboxylic acids is 1. The number of para-hydroxylation sites is 2. The number of carbonyl (C=O) groups is 1. The number of ether oxygens (including phenoxy) is 1. The highest BCUT2D eigenvalue weighted by molar-refractivity contribution is 7.93. The average molecular weight is 407 g/mol. The van der Waals surface area contributed by atoms with E-state index in [0.29, 0.717) is 13.1 Å². The molecule has 0 aliphatic carbocycles. The van der Waals surface area contributed by atoms with E-state index in [1.807, 2.05) is 0 Å². The zero-order chi connectivity index (χ0) is 19.7. The maximum Gasteiger partial charge on any atom is 0.573 e. The topological polar surface area (TPSA) is 87.7 Å². The summed E-state index contributed by atoms with van der Waals surface area (Å²) in [4.78, 5) is 14.1. The summed E-state index contributed by atoms with van der Waals surface area (Å²) in [7, 11) is -4.01. The standard InChI is InChI=1S/C16H20F3N3O4S/c17-16(18,19)26-14-6-2-1-5-12(14)21-27(24,25)11-9-13(20-10-11)15(23)22-7-3-4-8-22/h1-2,5-6,11,13,20-21H,3-4,7-10H2. The van der Waals surface area contributed by atoms with Crippen molar-refractivity contribution in [3.05, 3.63) is 24.3 Å². The third-order valence-corrected chi connectivity index (χ3v) is 6.35. The van der Waals surface area contributed by atoms with Crippen LogP contribution in [-0.4, -0.2) is 56.5 Å². The van der Waals surface area contributed by atoms with Gasteiger partial charge in [0.2, 0.25) is 15.9 Å². The van der Waals surface area contributed by atoms with Crippen molar-refractivity contribution in [3.63, 3.8) is 0 Å². The van der Waals surface area contributed by atoms with Gasteiger partial charge in [0.1, 0.15) is 0 Å². The van der Waals surface area contributed by atoms with Gasteiger partial charge in [-0.25, -0.2) is 8.42 Å². The Bertz CT molecular complexity index is 794. The lowest BCUT2D eigenvalue weighted by Crippen LogP contribution is -2.42. The summed E-state index contributed by atoms with van der Waals surface area (Å²) in [5.74, 6) is -0.768. The zero-order valence-corrected chi connectivity index (χ0v) is 15.1. The number of benzene rings is 1. The molecular weight excluding hydrogens is 387 g/mol. The van der Waals surface area contributed by atoms with Gasteiger partial charge in [-0.3, -0.25) is 9.52 Å².